The van der Waals surface area contributed by atoms with Gasteiger partial charge in [0, 0.05) is 32.7 Å². The zero-order valence-corrected chi connectivity index (χ0v) is 8.07. The molecule has 1 rings (SSSR count). The largest absolute Gasteiger partial charge is 0.385 e. The van der Waals surface area contributed by atoms with Crippen LogP contribution < -0.4 is 5.32 Å². The summed E-state index contributed by atoms with van der Waals surface area (Å²) in [4.78, 5) is 0. The molecule has 0 amide bonds. The Kier molecular flexibility index (Phi) is 5.20. The number of aromatic nitrogens is 2. The Morgan fingerprint density at radius 3 is 3.08 bits per heavy atom. The molecular formula is C9H17N3O. The van der Waals surface area contributed by atoms with E-state index in [4.69, 9.17) is 4.74 Å². The summed E-state index contributed by atoms with van der Waals surface area (Å²) in [5.74, 6) is 0. The van der Waals surface area contributed by atoms with Crippen molar-refractivity contribution in [1.82, 2.24) is 15.1 Å². The van der Waals surface area contributed by atoms with Crippen molar-refractivity contribution in [3.63, 3.8) is 0 Å². The Labute approximate surface area is 78.9 Å². The Balaban J connectivity index is 1.90. The number of rotatable bonds is 7. The average Bonchev–Trinajstić information content (AvgIpc) is 2.63. The minimum Gasteiger partial charge on any atom is -0.385 e. The molecule has 0 fully saturated rings. The smallest absolute Gasteiger partial charge is 0.0533 e. The predicted octanol–water partition coefficient (Wildman–Crippen LogP) is 0.509. The van der Waals surface area contributed by atoms with Gasteiger partial charge in [-0.25, -0.2) is 0 Å². The van der Waals surface area contributed by atoms with Crippen LogP contribution >= 0.6 is 0 Å². The first kappa shape index (κ1) is 10.2. The van der Waals surface area contributed by atoms with Crippen molar-refractivity contribution in [3.8, 4) is 0 Å². The average molecular weight is 183 g/mol. The maximum absolute atomic E-state index is 4.94. The fourth-order valence-corrected chi connectivity index (χ4v) is 1.09. The summed E-state index contributed by atoms with van der Waals surface area (Å²) in [5, 5.41) is 7.42. The van der Waals surface area contributed by atoms with Gasteiger partial charge in [0.2, 0.25) is 0 Å². The first-order valence-corrected chi connectivity index (χ1v) is 4.60. The van der Waals surface area contributed by atoms with E-state index in [1.54, 1.807) is 13.3 Å². The Morgan fingerprint density at radius 2 is 2.38 bits per heavy atom. The van der Waals surface area contributed by atoms with E-state index in [-0.39, 0.29) is 0 Å². The molecule has 74 valence electrons. The topological polar surface area (TPSA) is 39.1 Å². The molecule has 13 heavy (non-hydrogen) atoms. The van der Waals surface area contributed by atoms with Gasteiger partial charge in [0.15, 0.2) is 0 Å². The third kappa shape index (κ3) is 4.65. The van der Waals surface area contributed by atoms with Gasteiger partial charge in [0.25, 0.3) is 0 Å². The molecule has 0 saturated heterocycles. The number of methoxy groups -OCH3 is 1. The van der Waals surface area contributed by atoms with Crippen LogP contribution in [0, 0.1) is 0 Å². The van der Waals surface area contributed by atoms with Crippen LogP contribution in [0.25, 0.3) is 0 Å². The van der Waals surface area contributed by atoms with Gasteiger partial charge in [0.1, 0.15) is 0 Å². The van der Waals surface area contributed by atoms with Crippen LogP contribution in [-0.2, 0) is 11.3 Å². The summed E-state index contributed by atoms with van der Waals surface area (Å²) in [7, 11) is 1.73. The van der Waals surface area contributed by atoms with E-state index in [2.05, 4.69) is 10.4 Å². The maximum Gasteiger partial charge on any atom is 0.0533 e. The van der Waals surface area contributed by atoms with Gasteiger partial charge in [-0.3, -0.25) is 4.68 Å². The normalized spacial score (nSPS) is 10.5. The molecule has 0 saturated carbocycles. The highest BCUT2D eigenvalue weighted by Crippen LogP contribution is 1.83. The van der Waals surface area contributed by atoms with Crippen molar-refractivity contribution < 1.29 is 4.74 Å². The van der Waals surface area contributed by atoms with Crippen LogP contribution in [0.1, 0.15) is 6.42 Å². The third-order valence-electron chi connectivity index (χ3n) is 1.78. The lowest BCUT2D eigenvalue weighted by Gasteiger charge is -2.04. The van der Waals surface area contributed by atoms with E-state index in [9.17, 15) is 0 Å². The zero-order chi connectivity index (χ0) is 9.36. The number of ether oxygens (including phenoxy) is 1. The second-order valence-electron chi connectivity index (χ2n) is 2.87. The molecule has 0 unspecified atom stereocenters. The van der Waals surface area contributed by atoms with Gasteiger partial charge in [0.05, 0.1) is 6.54 Å². The molecule has 1 N–H and O–H groups in total. The van der Waals surface area contributed by atoms with Crippen molar-refractivity contribution in [1.29, 1.82) is 0 Å². The zero-order valence-electron chi connectivity index (χ0n) is 8.07. The lowest BCUT2D eigenvalue weighted by molar-refractivity contribution is 0.194. The molecule has 1 aromatic heterocycles. The van der Waals surface area contributed by atoms with Crippen molar-refractivity contribution in [2.24, 2.45) is 0 Å². The molecule has 0 aliphatic heterocycles. The molecule has 0 bridgehead atoms. The first-order chi connectivity index (χ1) is 6.43. The van der Waals surface area contributed by atoms with Crippen molar-refractivity contribution in [2.75, 3.05) is 26.8 Å². The van der Waals surface area contributed by atoms with E-state index >= 15 is 0 Å². The molecule has 4 heteroatoms. The Hall–Kier alpha value is -0.870. The van der Waals surface area contributed by atoms with Gasteiger partial charge in [-0.15, -0.1) is 0 Å². The van der Waals surface area contributed by atoms with Crippen LogP contribution in [0.5, 0.6) is 0 Å². The lowest BCUT2D eigenvalue weighted by Crippen LogP contribution is -2.22. The van der Waals surface area contributed by atoms with Gasteiger partial charge >= 0.3 is 0 Å². The quantitative estimate of drug-likeness (QED) is 0.626. The molecule has 0 spiro atoms. The minimum atomic E-state index is 0.828. The van der Waals surface area contributed by atoms with Crippen LogP contribution in [0.15, 0.2) is 18.5 Å². The van der Waals surface area contributed by atoms with Crippen molar-refractivity contribution >= 4 is 0 Å². The molecule has 4 nitrogen and oxygen atoms in total. The second kappa shape index (κ2) is 6.62. The molecule has 0 aliphatic rings. The third-order valence-corrected chi connectivity index (χ3v) is 1.78. The number of hydrogen-bond acceptors (Lipinski definition) is 3. The van der Waals surface area contributed by atoms with E-state index < -0.39 is 0 Å². The summed E-state index contributed by atoms with van der Waals surface area (Å²) in [6.45, 7) is 3.73. The maximum atomic E-state index is 4.94. The van der Waals surface area contributed by atoms with E-state index in [1.165, 1.54) is 0 Å². The van der Waals surface area contributed by atoms with Crippen LogP contribution in [-0.4, -0.2) is 36.6 Å². The molecular weight excluding hydrogens is 166 g/mol. The van der Waals surface area contributed by atoms with E-state index in [0.717, 1.165) is 32.7 Å². The Bertz CT molecular complexity index is 199. The SMILES string of the molecule is COCCCNCCn1cccn1. The highest BCUT2D eigenvalue weighted by Gasteiger charge is 1.90. The second-order valence-corrected chi connectivity index (χ2v) is 2.87. The van der Waals surface area contributed by atoms with Gasteiger partial charge < -0.3 is 10.1 Å². The van der Waals surface area contributed by atoms with Crippen LogP contribution in [0.3, 0.4) is 0 Å². The van der Waals surface area contributed by atoms with Gasteiger partial charge in [-0.05, 0) is 19.0 Å². The molecule has 0 atom stereocenters. The van der Waals surface area contributed by atoms with E-state index in [1.807, 2.05) is 16.9 Å². The standard InChI is InChI=1S/C9H17N3O/c1-13-9-3-4-10-6-8-12-7-2-5-11-12/h2,5,7,10H,3-4,6,8-9H2,1H3. The summed E-state index contributed by atoms with van der Waals surface area (Å²) in [5.41, 5.74) is 0. The highest BCUT2D eigenvalue weighted by molar-refractivity contribution is 4.77. The molecule has 1 heterocycles. The van der Waals surface area contributed by atoms with Crippen LogP contribution in [0.4, 0.5) is 0 Å². The number of nitrogens with one attached hydrogen (secondary N) is 1. The summed E-state index contributed by atoms with van der Waals surface area (Å²) >= 11 is 0. The predicted molar refractivity (Wildman–Crippen MR) is 51.6 cm³/mol. The monoisotopic (exact) mass is 183 g/mol. The summed E-state index contributed by atoms with van der Waals surface area (Å²) in [6, 6.07) is 1.94. The van der Waals surface area contributed by atoms with Gasteiger partial charge in [-0.2, -0.15) is 5.10 Å². The van der Waals surface area contributed by atoms with E-state index in [0.29, 0.717) is 0 Å². The molecule has 0 aliphatic carbocycles. The van der Waals surface area contributed by atoms with Gasteiger partial charge in [-0.1, -0.05) is 0 Å². The lowest BCUT2D eigenvalue weighted by atomic mass is 10.4. The van der Waals surface area contributed by atoms with Crippen molar-refractivity contribution in [2.45, 2.75) is 13.0 Å². The van der Waals surface area contributed by atoms with Crippen molar-refractivity contribution in [3.05, 3.63) is 18.5 Å². The molecule has 0 aromatic carbocycles. The first-order valence-electron chi connectivity index (χ1n) is 4.60. The molecule has 1 aromatic rings. The van der Waals surface area contributed by atoms with Crippen LogP contribution in [0.2, 0.25) is 0 Å². The summed E-state index contributed by atoms with van der Waals surface area (Å²) < 4.78 is 6.86. The number of hydrogen-bond donors (Lipinski definition) is 1. The highest BCUT2D eigenvalue weighted by atomic mass is 16.5. The fourth-order valence-electron chi connectivity index (χ4n) is 1.09. The number of nitrogens with zero attached hydrogens (tertiary/aromatic N) is 2. The summed E-state index contributed by atoms with van der Waals surface area (Å²) in [6.07, 6.45) is 4.83. The minimum absolute atomic E-state index is 0.828. The Morgan fingerprint density at radius 1 is 1.46 bits per heavy atom. The fraction of sp³-hybridized carbons (Fsp3) is 0.667. The molecule has 0 radical (unpaired) electrons.